The SMILES string of the molecule is Clc1ccccc1CN[C@H]1CCCN[C@H]1c1ccccc1. The van der Waals surface area contributed by atoms with Crippen molar-refractivity contribution >= 4 is 11.6 Å². The Morgan fingerprint density at radius 2 is 1.81 bits per heavy atom. The number of rotatable bonds is 4. The smallest absolute Gasteiger partial charge is 0.0476 e. The fourth-order valence-corrected chi connectivity index (χ4v) is 3.20. The number of nitrogens with one attached hydrogen (secondary N) is 2. The van der Waals surface area contributed by atoms with Crippen molar-refractivity contribution in [1.29, 1.82) is 0 Å². The van der Waals surface area contributed by atoms with E-state index < -0.39 is 0 Å². The van der Waals surface area contributed by atoms with E-state index in [1.54, 1.807) is 0 Å². The van der Waals surface area contributed by atoms with Gasteiger partial charge in [-0.1, -0.05) is 60.1 Å². The number of piperidine rings is 1. The summed E-state index contributed by atoms with van der Waals surface area (Å²) in [6, 6.07) is 19.6. The van der Waals surface area contributed by atoms with Crippen LogP contribution >= 0.6 is 11.6 Å². The average Bonchev–Trinajstić information content (AvgIpc) is 2.55. The maximum absolute atomic E-state index is 6.24. The van der Waals surface area contributed by atoms with Gasteiger partial charge in [-0.15, -0.1) is 0 Å². The van der Waals surface area contributed by atoms with Crippen molar-refractivity contribution in [3.63, 3.8) is 0 Å². The van der Waals surface area contributed by atoms with Gasteiger partial charge in [-0.3, -0.25) is 0 Å². The van der Waals surface area contributed by atoms with Crippen molar-refractivity contribution in [2.24, 2.45) is 0 Å². The minimum absolute atomic E-state index is 0.377. The number of hydrogen-bond donors (Lipinski definition) is 2. The van der Waals surface area contributed by atoms with Gasteiger partial charge in [0.05, 0.1) is 0 Å². The van der Waals surface area contributed by atoms with E-state index in [9.17, 15) is 0 Å². The molecule has 2 aromatic carbocycles. The van der Waals surface area contributed by atoms with Crippen LogP contribution in [-0.4, -0.2) is 12.6 Å². The van der Waals surface area contributed by atoms with Gasteiger partial charge in [0, 0.05) is 23.7 Å². The summed E-state index contributed by atoms with van der Waals surface area (Å²) in [5.74, 6) is 0. The van der Waals surface area contributed by atoms with Crippen molar-refractivity contribution in [3.05, 3.63) is 70.7 Å². The molecule has 0 bridgehead atoms. The van der Waals surface area contributed by atoms with Gasteiger partial charge >= 0.3 is 0 Å². The summed E-state index contributed by atoms with van der Waals surface area (Å²) < 4.78 is 0. The van der Waals surface area contributed by atoms with Gasteiger partial charge in [-0.25, -0.2) is 0 Å². The van der Waals surface area contributed by atoms with E-state index >= 15 is 0 Å². The Morgan fingerprint density at radius 1 is 1.05 bits per heavy atom. The molecule has 1 aliphatic heterocycles. The molecule has 0 saturated carbocycles. The van der Waals surface area contributed by atoms with Gasteiger partial charge in [0.25, 0.3) is 0 Å². The topological polar surface area (TPSA) is 24.1 Å². The molecule has 1 fully saturated rings. The molecule has 2 aromatic rings. The van der Waals surface area contributed by atoms with Crippen LogP contribution in [0.4, 0.5) is 0 Å². The maximum atomic E-state index is 6.24. The van der Waals surface area contributed by atoms with Crippen molar-refractivity contribution in [2.75, 3.05) is 6.54 Å². The summed E-state index contributed by atoms with van der Waals surface area (Å²) in [6.45, 7) is 1.90. The van der Waals surface area contributed by atoms with Crippen LogP contribution in [-0.2, 0) is 6.54 Å². The predicted octanol–water partition coefficient (Wildman–Crippen LogP) is 3.92. The third-order valence-electron chi connectivity index (χ3n) is 4.13. The summed E-state index contributed by atoms with van der Waals surface area (Å²) in [4.78, 5) is 0. The zero-order chi connectivity index (χ0) is 14.5. The van der Waals surface area contributed by atoms with Crippen LogP contribution in [0, 0.1) is 0 Å². The van der Waals surface area contributed by atoms with Crippen LogP contribution in [0.25, 0.3) is 0 Å². The normalized spacial score (nSPS) is 22.1. The highest BCUT2D eigenvalue weighted by Crippen LogP contribution is 2.24. The lowest BCUT2D eigenvalue weighted by Crippen LogP contribution is -2.45. The Morgan fingerprint density at radius 3 is 2.62 bits per heavy atom. The highest BCUT2D eigenvalue weighted by Gasteiger charge is 2.25. The predicted molar refractivity (Wildman–Crippen MR) is 88.5 cm³/mol. The van der Waals surface area contributed by atoms with Gasteiger partial charge in [0.15, 0.2) is 0 Å². The lowest BCUT2D eigenvalue weighted by atomic mass is 9.92. The van der Waals surface area contributed by atoms with E-state index in [2.05, 4.69) is 47.0 Å². The van der Waals surface area contributed by atoms with Crippen molar-refractivity contribution in [3.8, 4) is 0 Å². The molecule has 0 spiro atoms. The molecule has 3 rings (SSSR count). The minimum Gasteiger partial charge on any atom is -0.309 e. The largest absolute Gasteiger partial charge is 0.309 e. The van der Waals surface area contributed by atoms with Crippen LogP contribution in [0.3, 0.4) is 0 Å². The Labute approximate surface area is 131 Å². The first-order valence-corrected chi connectivity index (χ1v) is 7.97. The maximum Gasteiger partial charge on any atom is 0.0476 e. The van der Waals surface area contributed by atoms with E-state index in [1.165, 1.54) is 18.4 Å². The highest BCUT2D eigenvalue weighted by atomic mass is 35.5. The Hall–Kier alpha value is -1.35. The van der Waals surface area contributed by atoms with E-state index in [0.717, 1.165) is 23.7 Å². The van der Waals surface area contributed by atoms with Crippen LogP contribution in [0.1, 0.15) is 30.0 Å². The fraction of sp³-hybridized carbons (Fsp3) is 0.333. The summed E-state index contributed by atoms with van der Waals surface area (Å²) in [6.07, 6.45) is 2.40. The van der Waals surface area contributed by atoms with Gasteiger partial charge < -0.3 is 10.6 Å². The number of halogens is 1. The Bertz CT molecular complexity index is 570. The van der Waals surface area contributed by atoms with E-state index in [1.807, 2.05) is 18.2 Å². The summed E-state index contributed by atoms with van der Waals surface area (Å²) in [7, 11) is 0. The molecule has 0 amide bonds. The molecule has 21 heavy (non-hydrogen) atoms. The second-order valence-electron chi connectivity index (χ2n) is 5.56. The number of benzene rings is 2. The summed E-state index contributed by atoms with van der Waals surface area (Å²) >= 11 is 6.24. The minimum atomic E-state index is 0.377. The zero-order valence-electron chi connectivity index (χ0n) is 12.1. The molecule has 1 saturated heterocycles. The van der Waals surface area contributed by atoms with Crippen molar-refractivity contribution < 1.29 is 0 Å². The average molecular weight is 301 g/mol. The van der Waals surface area contributed by atoms with Gasteiger partial charge in [-0.05, 0) is 36.6 Å². The van der Waals surface area contributed by atoms with Gasteiger partial charge in [-0.2, -0.15) is 0 Å². The van der Waals surface area contributed by atoms with E-state index in [-0.39, 0.29) is 0 Å². The van der Waals surface area contributed by atoms with Gasteiger partial charge in [0.1, 0.15) is 0 Å². The second-order valence-corrected chi connectivity index (χ2v) is 5.97. The van der Waals surface area contributed by atoms with Gasteiger partial charge in [0.2, 0.25) is 0 Å². The molecule has 0 radical (unpaired) electrons. The molecular formula is C18H21ClN2. The van der Waals surface area contributed by atoms with Crippen molar-refractivity contribution in [1.82, 2.24) is 10.6 Å². The standard InChI is InChI=1S/C18H21ClN2/c19-16-10-5-4-9-15(16)13-21-17-11-6-12-20-18(17)14-7-2-1-3-8-14/h1-5,7-10,17-18,20-21H,6,11-13H2/t17-,18-/m0/s1. The molecule has 1 heterocycles. The molecule has 110 valence electrons. The first-order chi connectivity index (χ1) is 10.3. The second kappa shape index (κ2) is 7.08. The lowest BCUT2D eigenvalue weighted by molar-refractivity contribution is 0.304. The van der Waals surface area contributed by atoms with Crippen LogP contribution in [0.5, 0.6) is 0 Å². The molecule has 2 atom stereocenters. The molecule has 3 heteroatoms. The van der Waals surface area contributed by atoms with Crippen LogP contribution < -0.4 is 10.6 Å². The molecule has 0 unspecified atom stereocenters. The molecule has 0 aromatic heterocycles. The number of hydrogen-bond acceptors (Lipinski definition) is 2. The first kappa shape index (κ1) is 14.6. The highest BCUT2D eigenvalue weighted by molar-refractivity contribution is 6.31. The first-order valence-electron chi connectivity index (χ1n) is 7.60. The van der Waals surface area contributed by atoms with E-state index in [4.69, 9.17) is 11.6 Å². The van der Waals surface area contributed by atoms with Crippen molar-refractivity contribution in [2.45, 2.75) is 31.5 Å². The zero-order valence-corrected chi connectivity index (χ0v) is 12.8. The molecule has 2 nitrogen and oxygen atoms in total. The Balaban J connectivity index is 1.69. The molecule has 0 aliphatic carbocycles. The third kappa shape index (κ3) is 3.65. The fourth-order valence-electron chi connectivity index (χ4n) is 3.00. The van der Waals surface area contributed by atoms with Crippen LogP contribution in [0.15, 0.2) is 54.6 Å². The monoisotopic (exact) mass is 300 g/mol. The third-order valence-corrected chi connectivity index (χ3v) is 4.50. The van der Waals surface area contributed by atoms with Crippen LogP contribution in [0.2, 0.25) is 5.02 Å². The summed E-state index contributed by atoms with van der Waals surface area (Å²) in [5, 5.41) is 8.16. The molecular weight excluding hydrogens is 280 g/mol. The summed E-state index contributed by atoms with van der Waals surface area (Å²) in [5.41, 5.74) is 2.52. The Kier molecular flexibility index (Phi) is 4.91. The molecule has 1 aliphatic rings. The lowest BCUT2D eigenvalue weighted by Gasteiger charge is -2.34. The molecule has 2 N–H and O–H groups in total. The van der Waals surface area contributed by atoms with E-state index in [0.29, 0.717) is 12.1 Å². The quantitative estimate of drug-likeness (QED) is 0.894.